The second-order valence-electron chi connectivity index (χ2n) is 1.14. The van der Waals surface area contributed by atoms with Crippen LogP contribution >= 0.6 is 0 Å². The molecule has 0 spiro atoms. The topological polar surface area (TPSA) is 42.1 Å². The fourth-order valence-corrected chi connectivity index (χ4v) is 0.163. The molecule has 1 fully saturated rings. The van der Waals surface area contributed by atoms with Crippen LogP contribution < -0.4 is 0 Å². The van der Waals surface area contributed by atoms with Crippen molar-refractivity contribution in [1.29, 1.82) is 0 Å². The predicted molar refractivity (Wildman–Crippen MR) is 16.6 cm³/mol. The van der Waals surface area contributed by atoms with E-state index < -0.39 is 6.29 Å². The van der Waals surface area contributed by atoms with E-state index in [1.54, 1.807) is 0 Å². The maximum Gasteiger partial charge on any atom is 0.281 e. The molecule has 0 unspecified atom stereocenters. The van der Waals surface area contributed by atoms with E-state index >= 15 is 0 Å². The van der Waals surface area contributed by atoms with E-state index in [-0.39, 0.29) is 5.78 Å². The summed E-state index contributed by atoms with van der Waals surface area (Å²) in [6, 6.07) is 0. The van der Waals surface area contributed by atoms with Gasteiger partial charge in [-0.05, 0) is 6.92 Å². The molecule has 0 aromatic carbocycles. The number of hydrogen-bond donors (Lipinski definition) is 0. The monoisotopic (exact) mass is 88.0 g/mol. The highest BCUT2D eigenvalue weighted by atomic mass is 17.4. The molecule has 0 saturated carbocycles. The van der Waals surface area contributed by atoms with Crippen LogP contribution in [0.5, 0.6) is 0 Å². The summed E-state index contributed by atoms with van der Waals surface area (Å²) >= 11 is 0. The molecule has 0 amide bonds. The van der Waals surface area contributed by atoms with Crippen LogP contribution in [0.2, 0.25) is 0 Å². The molecule has 1 saturated heterocycles. The third kappa shape index (κ3) is 0.555. The molecule has 0 atom stereocenters. The van der Waals surface area contributed by atoms with Gasteiger partial charge < -0.3 is 0 Å². The highest BCUT2D eigenvalue weighted by molar-refractivity contribution is 5.79. The van der Waals surface area contributed by atoms with E-state index in [0.717, 1.165) is 0 Å². The van der Waals surface area contributed by atoms with Crippen LogP contribution in [-0.4, -0.2) is 12.1 Å². The number of rotatable bonds is 1. The summed E-state index contributed by atoms with van der Waals surface area (Å²) in [6.45, 7) is 1.41. The summed E-state index contributed by atoms with van der Waals surface area (Å²) in [6.07, 6.45) is -0.537. The van der Waals surface area contributed by atoms with Crippen molar-refractivity contribution < 1.29 is 14.6 Å². The molecule has 1 rings (SSSR count). The van der Waals surface area contributed by atoms with Gasteiger partial charge in [0, 0.05) is 0 Å². The maximum atomic E-state index is 9.96. The van der Waals surface area contributed by atoms with E-state index in [1.807, 2.05) is 0 Å². The lowest BCUT2D eigenvalue weighted by atomic mass is 10.5. The molecular formula is C3H4O3. The van der Waals surface area contributed by atoms with Gasteiger partial charge in [-0.15, -0.1) is 0 Å². The van der Waals surface area contributed by atoms with Gasteiger partial charge in [-0.1, -0.05) is 0 Å². The van der Waals surface area contributed by atoms with Gasteiger partial charge in [0.1, 0.15) is 0 Å². The van der Waals surface area contributed by atoms with Gasteiger partial charge in [-0.2, -0.15) is 9.78 Å². The molecule has 0 aromatic rings. The normalized spacial score (nSPS) is 20.8. The summed E-state index contributed by atoms with van der Waals surface area (Å²) in [5, 5.41) is 0. The van der Waals surface area contributed by atoms with Crippen LogP contribution in [0.25, 0.3) is 0 Å². The molecule has 1 heterocycles. The highest BCUT2D eigenvalue weighted by Gasteiger charge is 2.30. The van der Waals surface area contributed by atoms with Gasteiger partial charge in [0.15, 0.2) is 5.78 Å². The second kappa shape index (κ2) is 1.03. The van der Waals surface area contributed by atoms with Crippen LogP contribution in [0.15, 0.2) is 0 Å². The molecule has 0 aromatic heterocycles. The van der Waals surface area contributed by atoms with Crippen molar-refractivity contribution in [2.24, 2.45) is 0 Å². The first kappa shape index (κ1) is 3.77. The lowest BCUT2D eigenvalue weighted by Gasteiger charge is -1.66. The second-order valence-corrected chi connectivity index (χ2v) is 1.14. The van der Waals surface area contributed by atoms with Gasteiger partial charge in [-0.25, -0.2) is 0 Å². The Balaban J connectivity index is 2.31. The van der Waals surface area contributed by atoms with Crippen LogP contribution in [0.3, 0.4) is 0 Å². The number of hydrogen-bond acceptors (Lipinski definition) is 3. The summed E-state index contributed by atoms with van der Waals surface area (Å²) in [5.74, 6) is -0.0741. The first-order chi connectivity index (χ1) is 2.80. The van der Waals surface area contributed by atoms with E-state index in [1.165, 1.54) is 6.92 Å². The fourth-order valence-electron chi connectivity index (χ4n) is 0.163. The number of ketones is 1. The van der Waals surface area contributed by atoms with Crippen LogP contribution in [0.1, 0.15) is 6.92 Å². The molecule has 1 aliphatic rings. The zero-order chi connectivity index (χ0) is 4.57. The number of Topliss-reactive ketones (excluding diaryl/α,β-unsaturated/α-hetero) is 1. The Morgan fingerprint density at radius 3 is 2.17 bits per heavy atom. The lowest BCUT2D eigenvalue weighted by molar-refractivity contribution is -0.118. The van der Waals surface area contributed by atoms with Gasteiger partial charge in [-0.3, -0.25) is 4.79 Å². The lowest BCUT2D eigenvalue weighted by Crippen LogP contribution is -1.96. The van der Waals surface area contributed by atoms with E-state index in [9.17, 15) is 4.79 Å². The van der Waals surface area contributed by atoms with Crippen molar-refractivity contribution in [2.45, 2.75) is 13.2 Å². The highest BCUT2D eigenvalue weighted by Crippen LogP contribution is 2.11. The predicted octanol–water partition coefficient (Wildman–Crippen LogP) is -0.137. The average Bonchev–Trinajstić information content (AvgIpc) is 2.06. The van der Waals surface area contributed by atoms with E-state index in [4.69, 9.17) is 0 Å². The minimum Gasteiger partial charge on any atom is -0.294 e. The summed E-state index contributed by atoms with van der Waals surface area (Å²) in [7, 11) is 0. The smallest absolute Gasteiger partial charge is 0.281 e. The van der Waals surface area contributed by atoms with Crippen molar-refractivity contribution in [3.63, 3.8) is 0 Å². The molecule has 0 bridgehead atoms. The Morgan fingerprint density at radius 1 is 1.67 bits per heavy atom. The fraction of sp³-hybridized carbons (Fsp3) is 0.667. The van der Waals surface area contributed by atoms with Crippen molar-refractivity contribution in [3.8, 4) is 0 Å². The summed E-state index contributed by atoms with van der Waals surface area (Å²) in [4.78, 5) is 18.2. The van der Waals surface area contributed by atoms with Crippen molar-refractivity contribution in [3.05, 3.63) is 0 Å². The number of carbonyl (C=O) groups excluding carboxylic acids is 1. The minimum atomic E-state index is -0.537. The van der Waals surface area contributed by atoms with Crippen LogP contribution in [0.4, 0.5) is 0 Å². The molecule has 1 aliphatic heterocycles. The van der Waals surface area contributed by atoms with Gasteiger partial charge in [0.25, 0.3) is 6.29 Å². The third-order valence-electron chi connectivity index (χ3n) is 0.524. The molecule has 0 N–H and O–H groups in total. The van der Waals surface area contributed by atoms with E-state index in [2.05, 4.69) is 9.78 Å². The molecule has 34 valence electrons. The zero-order valence-electron chi connectivity index (χ0n) is 3.30. The first-order valence-corrected chi connectivity index (χ1v) is 1.63. The molecule has 3 heteroatoms. The largest absolute Gasteiger partial charge is 0.294 e. The molecule has 0 radical (unpaired) electrons. The SMILES string of the molecule is CC(=O)C1OO1. The molecule has 6 heavy (non-hydrogen) atoms. The summed E-state index contributed by atoms with van der Waals surface area (Å²) < 4.78 is 0. The third-order valence-corrected chi connectivity index (χ3v) is 0.524. The Labute approximate surface area is 34.8 Å². The van der Waals surface area contributed by atoms with Crippen LogP contribution in [0, 0.1) is 0 Å². The summed E-state index contributed by atoms with van der Waals surface area (Å²) in [5.41, 5.74) is 0. The Kier molecular flexibility index (Phi) is 0.645. The van der Waals surface area contributed by atoms with Crippen molar-refractivity contribution >= 4 is 5.78 Å². The Morgan fingerprint density at radius 2 is 2.17 bits per heavy atom. The van der Waals surface area contributed by atoms with Crippen molar-refractivity contribution in [2.75, 3.05) is 0 Å². The Bertz CT molecular complexity index is 74.1. The first-order valence-electron chi connectivity index (χ1n) is 1.63. The number of carbonyl (C=O) groups is 1. The average molecular weight is 88.1 g/mol. The quantitative estimate of drug-likeness (QED) is 0.331. The molecule has 0 aliphatic carbocycles. The Hall–Kier alpha value is -0.410. The standard InChI is InChI=1S/C3H4O3/c1-2(4)3-5-6-3/h3H,1H3. The molecular weight excluding hydrogens is 84.0 g/mol. The van der Waals surface area contributed by atoms with Gasteiger partial charge in [0.05, 0.1) is 0 Å². The minimum absolute atomic E-state index is 0.0741. The van der Waals surface area contributed by atoms with Crippen molar-refractivity contribution in [1.82, 2.24) is 0 Å². The van der Waals surface area contributed by atoms with Gasteiger partial charge >= 0.3 is 0 Å². The maximum absolute atomic E-state index is 9.96. The molecule has 3 nitrogen and oxygen atoms in total. The van der Waals surface area contributed by atoms with Gasteiger partial charge in [0.2, 0.25) is 0 Å². The van der Waals surface area contributed by atoms with E-state index in [0.29, 0.717) is 0 Å². The van der Waals surface area contributed by atoms with Crippen LogP contribution in [-0.2, 0) is 14.6 Å². The zero-order valence-corrected chi connectivity index (χ0v) is 3.30.